The average Bonchev–Trinajstić information content (AvgIpc) is 3.55. The molecule has 16 heteroatoms. The molecule has 220 valence electrons. The Kier molecular flexibility index (Phi) is 9.14. The van der Waals surface area contributed by atoms with E-state index in [1.807, 2.05) is 19.3 Å². The average molecular weight is 589 g/mol. The van der Waals surface area contributed by atoms with Crippen molar-refractivity contribution in [3.63, 3.8) is 0 Å². The van der Waals surface area contributed by atoms with Crippen molar-refractivity contribution < 1.29 is 32.9 Å². The van der Waals surface area contributed by atoms with Crippen LogP contribution >= 0.6 is 0 Å². The molecule has 1 aliphatic rings. The molecule has 0 aliphatic heterocycles. The topological polar surface area (TPSA) is 210 Å². The van der Waals surface area contributed by atoms with Crippen molar-refractivity contribution in [2.75, 3.05) is 32.3 Å². The molecule has 1 aliphatic carbocycles. The van der Waals surface area contributed by atoms with E-state index in [1.165, 1.54) is 4.52 Å². The summed E-state index contributed by atoms with van der Waals surface area (Å²) in [4.78, 5) is 22.4. The van der Waals surface area contributed by atoms with Gasteiger partial charge >= 0.3 is 6.16 Å². The van der Waals surface area contributed by atoms with Gasteiger partial charge in [0.25, 0.3) is 0 Å². The number of hydrogen-bond donors (Lipinski definition) is 3. The smallest absolute Gasteiger partial charge is 0.450 e. The van der Waals surface area contributed by atoms with E-state index in [0.29, 0.717) is 47.2 Å². The summed E-state index contributed by atoms with van der Waals surface area (Å²) < 4.78 is 39.7. The zero-order valence-corrected chi connectivity index (χ0v) is 23.7. The number of anilines is 1. The highest BCUT2D eigenvalue weighted by Crippen LogP contribution is 2.39. The molecule has 4 N–H and O–H groups in total. The first kappa shape index (κ1) is 29.8. The van der Waals surface area contributed by atoms with Crippen molar-refractivity contribution >= 4 is 27.5 Å². The monoisotopic (exact) mass is 588 g/mol. The molecule has 4 aromatic heterocycles. The van der Waals surface area contributed by atoms with Crippen molar-refractivity contribution in [3.8, 4) is 22.6 Å². The number of rotatable bonds is 8. The van der Waals surface area contributed by atoms with E-state index >= 15 is 0 Å². The number of carboxylic acid groups (broad SMARTS) is 2. The van der Waals surface area contributed by atoms with Crippen molar-refractivity contribution in [3.05, 3.63) is 36.5 Å². The first-order chi connectivity index (χ1) is 19.5. The molecule has 5 rings (SSSR count). The molecule has 1 saturated carbocycles. The number of sulfone groups is 1. The standard InChI is InChI=1S/C24H30N8O4S.CH2O3/c1-31-9-8-19(30-31)23-26-12-16(13-27-23)18-14-28-32-22(25)21(37(3,33)34)20(29-24(18)32)15-4-6-17(7-5-15)36-11-10-35-2;2-1(3)4/h8-9,12-15,17H,4-7,10-11,25H2,1-3H3;(H2,2,3,4)/t15-,17-;. The highest BCUT2D eigenvalue weighted by atomic mass is 32.2. The number of methoxy groups -OCH3 is 1. The lowest BCUT2D eigenvalue weighted by Crippen LogP contribution is -2.24. The van der Waals surface area contributed by atoms with Gasteiger partial charge in [-0.25, -0.2) is 28.2 Å². The molecule has 0 saturated heterocycles. The number of nitrogens with two attached hydrogens (primary N) is 1. The lowest BCUT2D eigenvalue weighted by molar-refractivity contribution is -0.00308. The van der Waals surface area contributed by atoms with Crippen LogP contribution in [0.15, 0.2) is 35.7 Å². The predicted octanol–water partition coefficient (Wildman–Crippen LogP) is 2.48. The summed E-state index contributed by atoms with van der Waals surface area (Å²) in [5.41, 5.74) is 9.38. The van der Waals surface area contributed by atoms with E-state index in [9.17, 15) is 8.42 Å². The molecule has 4 aromatic rings. The van der Waals surface area contributed by atoms with Crippen molar-refractivity contribution in [2.45, 2.75) is 42.6 Å². The molecule has 0 aromatic carbocycles. The number of aromatic nitrogens is 7. The second kappa shape index (κ2) is 12.6. The van der Waals surface area contributed by atoms with Gasteiger partial charge < -0.3 is 25.4 Å². The SMILES string of the molecule is COCCO[C@H]1CC[C@H](c2nc3c(-c4cnc(-c5ccn(C)n5)nc4)cnn3c(N)c2S(C)(=O)=O)CC1.O=C(O)O. The van der Waals surface area contributed by atoms with E-state index in [0.717, 1.165) is 31.9 Å². The largest absolute Gasteiger partial charge is 0.503 e. The first-order valence-corrected chi connectivity index (χ1v) is 14.6. The van der Waals surface area contributed by atoms with Crippen LogP contribution in [0.1, 0.15) is 37.3 Å². The number of nitrogens with zero attached hydrogens (tertiary/aromatic N) is 7. The van der Waals surface area contributed by atoms with Crippen LogP contribution < -0.4 is 5.73 Å². The second-order valence-electron chi connectivity index (χ2n) is 9.57. The number of carbonyl (C=O) groups is 1. The predicted molar refractivity (Wildman–Crippen MR) is 147 cm³/mol. The van der Waals surface area contributed by atoms with Crippen LogP contribution in [0.4, 0.5) is 10.6 Å². The normalized spacial score (nSPS) is 17.2. The van der Waals surface area contributed by atoms with Crippen LogP contribution in [-0.2, 0) is 26.4 Å². The fourth-order valence-electron chi connectivity index (χ4n) is 4.81. The van der Waals surface area contributed by atoms with E-state index in [4.69, 9.17) is 35.2 Å². The maximum atomic E-state index is 12.8. The summed E-state index contributed by atoms with van der Waals surface area (Å²) in [6.45, 7) is 1.08. The zero-order chi connectivity index (χ0) is 29.7. The Morgan fingerprint density at radius 1 is 1.12 bits per heavy atom. The fourth-order valence-corrected chi connectivity index (χ4v) is 5.87. The Bertz CT molecular complexity index is 1610. The van der Waals surface area contributed by atoms with Gasteiger partial charge in [0.1, 0.15) is 16.4 Å². The van der Waals surface area contributed by atoms with Gasteiger partial charge in [-0.1, -0.05) is 0 Å². The van der Waals surface area contributed by atoms with Gasteiger partial charge in [-0.2, -0.15) is 14.7 Å². The van der Waals surface area contributed by atoms with Crippen LogP contribution in [0.25, 0.3) is 28.3 Å². The second-order valence-corrected chi connectivity index (χ2v) is 11.5. The number of fused-ring (bicyclic) bond motifs is 1. The number of ether oxygens (including phenoxy) is 2. The van der Waals surface area contributed by atoms with E-state index in [-0.39, 0.29) is 22.7 Å². The van der Waals surface area contributed by atoms with Gasteiger partial charge in [0.2, 0.25) is 0 Å². The number of aryl methyl sites for hydroxylation is 1. The van der Waals surface area contributed by atoms with E-state index in [1.54, 1.807) is 30.4 Å². The lowest BCUT2D eigenvalue weighted by atomic mass is 9.85. The zero-order valence-electron chi connectivity index (χ0n) is 22.8. The Morgan fingerprint density at radius 2 is 1.78 bits per heavy atom. The minimum atomic E-state index is -3.66. The van der Waals surface area contributed by atoms with Crippen LogP contribution in [-0.4, -0.2) is 91.8 Å². The minimum Gasteiger partial charge on any atom is -0.450 e. The molecule has 15 nitrogen and oxygen atoms in total. The molecular formula is C25H32N8O7S. The summed E-state index contributed by atoms with van der Waals surface area (Å²) in [5.74, 6) is 0.487. The van der Waals surface area contributed by atoms with E-state index in [2.05, 4.69) is 20.2 Å². The Balaban J connectivity index is 0.000000909. The molecule has 0 atom stereocenters. The van der Waals surface area contributed by atoms with Crippen LogP contribution in [0.2, 0.25) is 0 Å². The summed E-state index contributed by atoms with van der Waals surface area (Å²) in [7, 11) is -0.182. The third-order valence-electron chi connectivity index (χ3n) is 6.64. The third-order valence-corrected chi connectivity index (χ3v) is 7.80. The van der Waals surface area contributed by atoms with Gasteiger partial charge in [-0.15, -0.1) is 0 Å². The van der Waals surface area contributed by atoms with Crippen LogP contribution in [0.5, 0.6) is 0 Å². The highest BCUT2D eigenvalue weighted by molar-refractivity contribution is 7.91. The molecule has 0 amide bonds. The van der Waals surface area contributed by atoms with Gasteiger partial charge in [0.05, 0.1) is 31.2 Å². The summed E-state index contributed by atoms with van der Waals surface area (Å²) in [5, 5.41) is 22.6. The maximum Gasteiger partial charge on any atom is 0.503 e. The maximum absolute atomic E-state index is 12.8. The molecule has 0 radical (unpaired) electrons. The van der Waals surface area contributed by atoms with Crippen LogP contribution in [0, 0.1) is 0 Å². The summed E-state index contributed by atoms with van der Waals surface area (Å²) in [6.07, 6.45) is 9.33. The van der Waals surface area contributed by atoms with Gasteiger partial charge in [0, 0.05) is 56.0 Å². The lowest BCUT2D eigenvalue weighted by Gasteiger charge is -2.29. The Labute approximate surface area is 235 Å². The van der Waals surface area contributed by atoms with Crippen molar-refractivity contribution in [1.29, 1.82) is 0 Å². The van der Waals surface area contributed by atoms with Gasteiger partial charge in [-0.05, 0) is 31.7 Å². The minimum absolute atomic E-state index is 0.0418. The van der Waals surface area contributed by atoms with Crippen molar-refractivity contribution in [1.82, 2.24) is 34.3 Å². The molecule has 1 fully saturated rings. The Hall–Kier alpha value is -4.15. The molecule has 0 spiro atoms. The number of nitrogen functional groups attached to an aromatic ring is 1. The molecule has 0 bridgehead atoms. The van der Waals surface area contributed by atoms with Crippen LogP contribution in [0.3, 0.4) is 0 Å². The highest BCUT2D eigenvalue weighted by Gasteiger charge is 2.32. The van der Waals surface area contributed by atoms with E-state index < -0.39 is 16.0 Å². The third kappa shape index (κ3) is 6.96. The summed E-state index contributed by atoms with van der Waals surface area (Å²) >= 11 is 0. The fraction of sp³-hybridized carbons (Fsp3) is 0.440. The first-order valence-electron chi connectivity index (χ1n) is 12.7. The molecule has 0 unspecified atom stereocenters. The number of hydrogen-bond acceptors (Lipinski definition) is 11. The molecule has 41 heavy (non-hydrogen) atoms. The Morgan fingerprint density at radius 3 is 2.34 bits per heavy atom. The van der Waals surface area contributed by atoms with Gasteiger partial charge in [0.15, 0.2) is 21.3 Å². The van der Waals surface area contributed by atoms with Crippen molar-refractivity contribution in [2.24, 2.45) is 7.05 Å². The molecule has 4 heterocycles. The quantitative estimate of drug-likeness (QED) is 0.253. The summed E-state index contributed by atoms with van der Waals surface area (Å²) in [6, 6.07) is 1.84. The van der Waals surface area contributed by atoms with Gasteiger partial charge in [-0.3, -0.25) is 4.68 Å². The molecular weight excluding hydrogens is 556 g/mol.